The van der Waals surface area contributed by atoms with Crippen molar-refractivity contribution >= 4 is 11.7 Å². The second-order valence-electron chi connectivity index (χ2n) is 8.49. The van der Waals surface area contributed by atoms with Crippen LogP contribution < -0.4 is 26.8 Å². The summed E-state index contributed by atoms with van der Waals surface area (Å²) in [5, 5.41) is 8.45. The van der Waals surface area contributed by atoms with E-state index in [2.05, 4.69) is 42.0 Å². The zero-order chi connectivity index (χ0) is 23.2. The summed E-state index contributed by atoms with van der Waals surface area (Å²) in [5.41, 5.74) is 14.5. The molecule has 7 heteroatoms. The second kappa shape index (κ2) is 10.6. The summed E-state index contributed by atoms with van der Waals surface area (Å²) in [7, 11) is 0. The first-order valence-electron chi connectivity index (χ1n) is 11.5. The minimum atomic E-state index is -0.0908. The predicted octanol–water partition coefficient (Wildman–Crippen LogP) is 2.96. The molecule has 0 radical (unpaired) electrons. The number of nitrogens with two attached hydrogens (primary N) is 1. The van der Waals surface area contributed by atoms with Gasteiger partial charge in [-0.05, 0) is 37.1 Å². The molecule has 2 aromatic carbocycles. The minimum Gasteiger partial charge on any atom is -0.348 e. The van der Waals surface area contributed by atoms with Crippen LogP contribution in [-0.4, -0.2) is 30.0 Å². The number of pyridine rings is 1. The summed E-state index contributed by atoms with van der Waals surface area (Å²) < 4.78 is 0. The van der Waals surface area contributed by atoms with Crippen LogP contribution in [0.3, 0.4) is 0 Å². The summed E-state index contributed by atoms with van der Waals surface area (Å²) in [6, 6.07) is 20.3. The van der Waals surface area contributed by atoms with Crippen LogP contribution in [0.5, 0.6) is 0 Å². The van der Waals surface area contributed by atoms with Gasteiger partial charge >= 0.3 is 0 Å². The number of rotatable bonds is 9. The Labute approximate surface area is 195 Å². The molecule has 7 nitrogen and oxygen atoms in total. The van der Waals surface area contributed by atoms with Crippen molar-refractivity contribution in [3.8, 4) is 11.3 Å². The van der Waals surface area contributed by atoms with Gasteiger partial charge < -0.3 is 16.4 Å². The number of anilines is 1. The third kappa shape index (κ3) is 5.39. The quantitative estimate of drug-likeness (QED) is 0.379. The van der Waals surface area contributed by atoms with Gasteiger partial charge in [0, 0.05) is 55.5 Å². The maximum atomic E-state index is 13.3. The largest absolute Gasteiger partial charge is 0.348 e. The van der Waals surface area contributed by atoms with Crippen LogP contribution >= 0.6 is 0 Å². The Kier molecular flexibility index (Phi) is 7.34. The molecule has 0 saturated heterocycles. The number of carbonyl (C=O) groups excluding carboxylic acids is 1. The Bertz CT molecular complexity index is 1100. The fourth-order valence-electron chi connectivity index (χ4n) is 4.00. The summed E-state index contributed by atoms with van der Waals surface area (Å²) in [5.74, 6) is 0.728. The van der Waals surface area contributed by atoms with E-state index in [1.807, 2.05) is 53.5 Å². The van der Waals surface area contributed by atoms with Crippen LogP contribution in [0.15, 0.2) is 60.7 Å². The van der Waals surface area contributed by atoms with Gasteiger partial charge in [0.05, 0.1) is 5.69 Å². The van der Waals surface area contributed by atoms with E-state index in [9.17, 15) is 4.79 Å². The van der Waals surface area contributed by atoms with Crippen molar-refractivity contribution in [2.45, 2.75) is 39.5 Å². The zero-order valence-electron chi connectivity index (χ0n) is 19.3. The third-order valence-corrected chi connectivity index (χ3v) is 5.69. The number of benzene rings is 2. The molecule has 5 N–H and O–H groups in total. The zero-order valence-corrected chi connectivity index (χ0v) is 19.3. The van der Waals surface area contributed by atoms with Gasteiger partial charge in [-0.15, -0.1) is 0 Å². The lowest BCUT2D eigenvalue weighted by Gasteiger charge is -2.23. The van der Waals surface area contributed by atoms with E-state index < -0.39 is 0 Å². The summed E-state index contributed by atoms with van der Waals surface area (Å²) >= 11 is 0. The van der Waals surface area contributed by atoms with Gasteiger partial charge in [-0.25, -0.2) is 10.4 Å². The number of fused-ring (bicyclic) bond motifs is 1. The van der Waals surface area contributed by atoms with E-state index in [0.29, 0.717) is 25.2 Å². The van der Waals surface area contributed by atoms with Crippen LogP contribution in [0.4, 0.5) is 5.82 Å². The Hall–Kier alpha value is -3.26. The van der Waals surface area contributed by atoms with Crippen molar-refractivity contribution in [2.75, 3.05) is 18.1 Å². The molecular formula is C26H32N6O. The van der Waals surface area contributed by atoms with Crippen LogP contribution in [-0.2, 0) is 19.6 Å². The van der Waals surface area contributed by atoms with Crippen molar-refractivity contribution in [1.82, 2.24) is 21.0 Å². The molecule has 0 unspecified atom stereocenters. The van der Waals surface area contributed by atoms with Gasteiger partial charge in [-0.2, -0.15) is 0 Å². The summed E-state index contributed by atoms with van der Waals surface area (Å²) in [4.78, 5) is 18.2. The van der Waals surface area contributed by atoms with Gasteiger partial charge in [0.2, 0.25) is 0 Å². The lowest BCUT2D eigenvalue weighted by atomic mass is 10.0. The van der Waals surface area contributed by atoms with Crippen molar-refractivity contribution in [3.63, 3.8) is 0 Å². The fraction of sp³-hybridized carbons (Fsp3) is 0.308. The molecule has 172 valence electrons. The molecule has 1 amide bonds. The second-order valence-corrected chi connectivity index (χ2v) is 8.49. The molecule has 0 spiro atoms. The molecule has 33 heavy (non-hydrogen) atoms. The molecule has 0 fully saturated rings. The monoisotopic (exact) mass is 444 g/mol. The summed E-state index contributed by atoms with van der Waals surface area (Å²) in [6.07, 6.45) is 0. The Morgan fingerprint density at radius 3 is 2.64 bits per heavy atom. The molecule has 0 saturated carbocycles. The van der Waals surface area contributed by atoms with Gasteiger partial charge in [0.15, 0.2) is 0 Å². The molecule has 0 aliphatic carbocycles. The Morgan fingerprint density at radius 1 is 1.09 bits per heavy atom. The van der Waals surface area contributed by atoms with Gasteiger partial charge in [-0.3, -0.25) is 9.80 Å². The number of nitrogens with one attached hydrogen (secondary N) is 3. The topological polar surface area (TPSA) is 95.3 Å². The van der Waals surface area contributed by atoms with E-state index in [1.165, 1.54) is 0 Å². The molecular weight excluding hydrogens is 412 g/mol. The smallest absolute Gasteiger partial charge is 0.252 e. The molecule has 0 bridgehead atoms. The maximum absolute atomic E-state index is 13.3. The van der Waals surface area contributed by atoms with Crippen molar-refractivity contribution in [3.05, 3.63) is 82.9 Å². The molecule has 0 atom stereocenters. The number of carbonyl (C=O) groups is 1. The number of aromatic nitrogens is 1. The number of hydrazine groups is 1. The van der Waals surface area contributed by atoms with Crippen LogP contribution in [0.2, 0.25) is 0 Å². The van der Waals surface area contributed by atoms with Crippen LogP contribution in [0.25, 0.3) is 11.3 Å². The average molecular weight is 445 g/mol. The lowest BCUT2D eigenvalue weighted by molar-refractivity contribution is 0.0950. The highest BCUT2D eigenvalue weighted by Gasteiger charge is 2.28. The van der Waals surface area contributed by atoms with E-state index in [4.69, 9.17) is 10.7 Å². The lowest BCUT2D eigenvalue weighted by Crippen LogP contribution is -2.38. The number of amides is 1. The van der Waals surface area contributed by atoms with Crippen LogP contribution in [0, 0.1) is 0 Å². The molecule has 1 aliphatic heterocycles. The highest BCUT2D eigenvalue weighted by atomic mass is 16.1. The van der Waals surface area contributed by atoms with Gasteiger partial charge in [0.1, 0.15) is 5.82 Å². The molecule has 4 rings (SSSR count). The van der Waals surface area contributed by atoms with Crippen molar-refractivity contribution in [2.24, 2.45) is 5.73 Å². The van der Waals surface area contributed by atoms with Crippen LogP contribution in [0.1, 0.15) is 40.9 Å². The summed E-state index contributed by atoms with van der Waals surface area (Å²) in [6.45, 7) is 7.38. The first kappa shape index (κ1) is 22.9. The van der Waals surface area contributed by atoms with E-state index in [0.717, 1.165) is 46.9 Å². The third-order valence-electron chi connectivity index (χ3n) is 5.69. The van der Waals surface area contributed by atoms with Crippen molar-refractivity contribution in [1.29, 1.82) is 0 Å². The first-order valence-corrected chi connectivity index (χ1v) is 11.5. The molecule has 3 aromatic rings. The Balaban J connectivity index is 1.66. The highest BCUT2D eigenvalue weighted by molar-refractivity contribution is 5.98. The fourth-order valence-corrected chi connectivity index (χ4v) is 4.00. The van der Waals surface area contributed by atoms with E-state index in [-0.39, 0.29) is 11.9 Å². The number of nitrogens with zero attached hydrogens (tertiary/aromatic N) is 2. The highest BCUT2D eigenvalue weighted by Crippen LogP contribution is 2.32. The number of hydrogen-bond donors (Lipinski definition) is 4. The number of hydrogen-bond acceptors (Lipinski definition) is 6. The molecule has 1 aromatic heterocycles. The Morgan fingerprint density at radius 2 is 1.88 bits per heavy atom. The average Bonchev–Trinajstić information content (AvgIpc) is 3.27. The van der Waals surface area contributed by atoms with E-state index in [1.54, 1.807) is 0 Å². The van der Waals surface area contributed by atoms with Gasteiger partial charge in [0.25, 0.3) is 5.91 Å². The van der Waals surface area contributed by atoms with Crippen molar-refractivity contribution < 1.29 is 4.79 Å². The molecule has 1 aliphatic rings. The predicted molar refractivity (Wildman–Crippen MR) is 133 cm³/mol. The first-order chi connectivity index (χ1) is 16.1. The van der Waals surface area contributed by atoms with E-state index >= 15 is 0 Å². The van der Waals surface area contributed by atoms with Gasteiger partial charge in [-0.1, -0.05) is 48.5 Å². The normalized spacial score (nSPS) is 12.8. The maximum Gasteiger partial charge on any atom is 0.252 e. The molecule has 2 heterocycles. The standard InChI is InChI=1S/C26H32N6O/c1-18(2)32-25-23(17-30-32)22(26(33)29-16-19-7-4-3-5-8-19)14-24(31-25)21-10-6-9-20(13-21)15-28-12-11-27/h3-10,13-14,18,28,30H,11-12,15-17,27H2,1-2H3,(H,29,33). The SMILES string of the molecule is CC(C)N1NCc2c(C(=O)NCc3ccccc3)cc(-c3cccc(CNCCN)c3)nc21. The minimum absolute atomic E-state index is 0.0908.